The van der Waals surface area contributed by atoms with Gasteiger partial charge in [-0.25, -0.2) is 0 Å². The molecule has 8 heteroatoms. The zero-order chi connectivity index (χ0) is 23.8. The first-order valence-electron chi connectivity index (χ1n) is 11.6. The number of hydrogen-bond acceptors (Lipinski definition) is 5. The highest BCUT2D eigenvalue weighted by atomic mass is 35.5. The number of carboxylic acid groups (broad SMARTS) is 1. The van der Waals surface area contributed by atoms with Crippen LogP contribution in [0, 0.1) is 5.92 Å². The Morgan fingerprint density at radius 2 is 2.15 bits per heavy atom. The van der Waals surface area contributed by atoms with E-state index in [0.717, 1.165) is 52.2 Å². The van der Waals surface area contributed by atoms with Crippen molar-refractivity contribution < 1.29 is 19.4 Å². The number of aromatic nitrogens is 2. The van der Waals surface area contributed by atoms with Crippen molar-refractivity contribution in [2.24, 2.45) is 5.92 Å². The number of nitrogens with zero attached hydrogens (tertiary/aromatic N) is 3. The molecular weight excluding hydrogens is 454 g/mol. The van der Waals surface area contributed by atoms with Gasteiger partial charge in [-0.15, -0.1) is 0 Å². The number of carboxylic acids is 1. The molecule has 0 radical (unpaired) electrons. The molecule has 1 N–H and O–H groups in total. The highest BCUT2D eigenvalue weighted by Crippen LogP contribution is 2.32. The molecule has 1 saturated heterocycles. The van der Waals surface area contributed by atoms with Crippen molar-refractivity contribution in [1.82, 2.24) is 14.7 Å². The van der Waals surface area contributed by atoms with Crippen LogP contribution in [0.5, 0.6) is 11.5 Å². The van der Waals surface area contributed by atoms with Gasteiger partial charge in [-0.2, -0.15) is 5.10 Å². The minimum absolute atomic E-state index is 0.235. The predicted octanol–water partition coefficient (Wildman–Crippen LogP) is 5.03. The molecule has 34 heavy (non-hydrogen) atoms. The monoisotopic (exact) mass is 481 g/mol. The molecule has 0 unspecified atom stereocenters. The first kappa shape index (κ1) is 22.7. The van der Waals surface area contributed by atoms with Crippen LogP contribution in [0.25, 0.3) is 17.0 Å². The number of fused-ring (bicyclic) bond motifs is 2. The van der Waals surface area contributed by atoms with E-state index in [-0.39, 0.29) is 12.0 Å². The number of carbonyl (C=O) groups is 1. The topological polar surface area (TPSA) is 76.8 Å². The van der Waals surface area contributed by atoms with Gasteiger partial charge in [-0.05, 0) is 68.3 Å². The van der Waals surface area contributed by atoms with Gasteiger partial charge in [0, 0.05) is 36.1 Å². The van der Waals surface area contributed by atoms with E-state index < -0.39 is 5.97 Å². The van der Waals surface area contributed by atoms with E-state index in [4.69, 9.17) is 21.1 Å². The fourth-order valence-electron chi connectivity index (χ4n) is 4.64. The van der Waals surface area contributed by atoms with Gasteiger partial charge in [0.15, 0.2) is 5.15 Å². The Morgan fingerprint density at radius 1 is 1.29 bits per heavy atom. The van der Waals surface area contributed by atoms with Crippen molar-refractivity contribution >= 4 is 34.5 Å². The summed E-state index contributed by atoms with van der Waals surface area (Å²) >= 11 is 6.35. The smallest absolute Gasteiger partial charge is 0.307 e. The van der Waals surface area contributed by atoms with Gasteiger partial charge in [-0.1, -0.05) is 17.7 Å². The molecule has 5 rings (SSSR count). The molecule has 0 bridgehead atoms. The van der Waals surface area contributed by atoms with Crippen molar-refractivity contribution in [3.8, 4) is 11.5 Å². The van der Waals surface area contributed by atoms with Crippen LogP contribution in [0.2, 0.25) is 5.15 Å². The lowest BCUT2D eigenvalue weighted by Gasteiger charge is -2.22. The molecule has 0 spiro atoms. The van der Waals surface area contributed by atoms with Gasteiger partial charge in [0.25, 0.3) is 0 Å². The molecule has 2 aromatic carbocycles. The Hall–Kier alpha value is -3.03. The highest BCUT2D eigenvalue weighted by molar-refractivity contribution is 6.34. The summed E-state index contributed by atoms with van der Waals surface area (Å²) in [4.78, 5) is 13.4. The number of hydrogen-bond donors (Lipinski definition) is 1. The van der Waals surface area contributed by atoms with Crippen LogP contribution in [-0.4, -0.2) is 52.0 Å². The van der Waals surface area contributed by atoms with Crippen molar-refractivity contribution in [1.29, 1.82) is 0 Å². The number of ether oxygens (including phenoxy) is 2. The van der Waals surface area contributed by atoms with E-state index >= 15 is 0 Å². The maximum Gasteiger partial charge on any atom is 0.307 e. The van der Waals surface area contributed by atoms with Gasteiger partial charge in [0.05, 0.1) is 11.4 Å². The molecule has 178 valence electrons. The Kier molecular flexibility index (Phi) is 6.23. The normalized spacial score (nSPS) is 18.1. The van der Waals surface area contributed by atoms with E-state index in [1.54, 1.807) is 0 Å². The molecule has 0 amide bonds. The fraction of sp³-hybridized carbons (Fsp3) is 0.385. The second-order valence-electron chi connectivity index (χ2n) is 9.32. The maximum atomic E-state index is 11.2. The number of likely N-dealkylation sites (tertiary alicyclic amines) is 1. The molecule has 1 aromatic heterocycles. The molecule has 0 aliphatic carbocycles. The molecule has 0 saturated carbocycles. The van der Waals surface area contributed by atoms with Crippen LogP contribution < -0.4 is 9.47 Å². The van der Waals surface area contributed by atoms with E-state index in [9.17, 15) is 9.90 Å². The van der Waals surface area contributed by atoms with Gasteiger partial charge >= 0.3 is 5.97 Å². The summed E-state index contributed by atoms with van der Waals surface area (Å²) in [6.07, 6.45) is 2.85. The minimum Gasteiger partial charge on any atom is -0.489 e. The molecule has 7 nitrogen and oxygen atoms in total. The number of rotatable bonds is 7. The molecule has 2 aliphatic heterocycles. The van der Waals surface area contributed by atoms with Crippen LogP contribution in [0.15, 0.2) is 42.0 Å². The Balaban J connectivity index is 1.23. The number of benzene rings is 2. The van der Waals surface area contributed by atoms with Crippen LogP contribution in [0.4, 0.5) is 0 Å². The molecule has 3 heterocycles. The quantitative estimate of drug-likeness (QED) is 0.510. The average molecular weight is 482 g/mol. The average Bonchev–Trinajstić information content (AvgIpc) is 3.42. The Morgan fingerprint density at radius 3 is 2.91 bits per heavy atom. The first-order chi connectivity index (χ1) is 16.4. The van der Waals surface area contributed by atoms with Crippen molar-refractivity contribution in [2.75, 3.05) is 26.2 Å². The first-order valence-corrected chi connectivity index (χ1v) is 12.0. The van der Waals surface area contributed by atoms with Gasteiger partial charge < -0.3 is 14.6 Å². The number of aliphatic carboxylic acids is 1. The number of halogens is 1. The summed E-state index contributed by atoms with van der Waals surface area (Å²) in [5.41, 5.74) is 4.20. The van der Waals surface area contributed by atoms with E-state index in [1.807, 2.05) is 41.1 Å². The van der Waals surface area contributed by atoms with E-state index in [2.05, 4.69) is 29.9 Å². The van der Waals surface area contributed by atoms with Gasteiger partial charge in [0.2, 0.25) is 0 Å². The summed E-state index contributed by atoms with van der Waals surface area (Å²) in [6.45, 7) is 7.22. The third-order valence-corrected chi connectivity index (χ3v) is 6.71. The Bertz CT molecular complexity index is 1270. The lowest BCUT2D eigenvalue weighted by Crippen LogP contribution is -2.27. The minimum atomic E-state index is -0.706. The zero-order valence-corrected chi connectivity index (χ0v) is 20.1. The third-order valence-electron chi connectivity index (χ3n) is 6.43. The molecule has 1 fully saturated rings. The largest absolute Gasteiger partial charge is 0.489 e. The standard InChI is InChI=1S/C26H28ClN3O4/c1-16(2)30-23-6-3-17(10-22(23)25(27)28-30)14-33-21-5-4-19-9-18(15-34-24(19)11-21)12-29-8-7-20(13-29)26(31)32/h3-6,9-11,16,20H,7-8,12-15H2,1-2H3,(H,31,32)/t20-/m0/s1. The molecular formula is C26H28ClN3O4. The summed E-state index contributed by atoms with van der Waals surface area (Å²) in [6, 6.07) is 12.2. The molecule has 2 aliphatic rings. The van der Waals surface area contributed by atoms with Crippen molar-refractivity contribution in [3.05, 3.63) is 58.3 Å². The molecule has 1 atom stereocenters. The fourth-order valence-corrected chi connectivity index (χ4v) is 4.87. The molecule has 3 aromatic rings. The Labute approximate surface area is 203 Å². The van der Waals surface area contributed by atoms with Crippen molar-refractivity contribution in [2.45, 2.75) is 32.9 Å². The lowest BCUT2D eigenvalue weighted by atomic mass is 10.1. The van der Waals surface area contributed by atoms with Crippen molar-refractivity contribution in [3.63, 3.8) is 0 Å². The second-order valence-corrected chi connectivity index (χ2v) is 9.68. The maximum absolute atomic E-state index is 11.2. The second kappa shape index (κ2) is 9.31. The summed E-state index contributed by atoms with van der Waals surface area (Å²) < 4.78 is 14.0. The summed E-state index contributed by atoms with van der Waals surface area (Å²) in [5.74, 6) is 0.564. The predicted molar refractivity (Wildman–Crippen MR) is 132 cm³/mol. The van der Waals surface area contributed by atoms with Crippen LogP contribution in [-0.2, 0) is 11.4 Å². The third kappa shape index (κ3) is 4.63. The van der Waals surface area contributed by atoms with E-state index in [0.29, 0.717) is 31.3 Å². The SMILES string of the molecule is CC(C)n1nc(Cl)c2cc(COc3ccc4c(c3)OCC(CN3CC[C@H](C(=O)O)C3)=C4)ccc21. The summed E-state index contributed by atoms with van der Waals surface area (Å²) in [7, 11) is 0. The zero-order valence-electron chi connectivity index (χ0n) is 19.3. The van der Waals surface area contributed by atoms with Gasteiger partial charge in [-0.3, -0.25) is 14.4 Å². The van der Waals surface area contributed by atoms with E-state index in [1.165, 1.54) is 0 Å². The van der Waals surface area contributed by atoms with Gasteiger partial charge in [0.1, 0.15) is 24.7 Å². The highest BCUT2D eigenvalue weighted by Gasteiger charge is 2.28. The van der Waals surface area contributed by atoms with Crippen LogP contribution in [0.3, 0.4) is 0 Å². The van der Waals surface area contributed by atoms with Crippen LogP contribution in [0.1, 0.15) is 37.4 Å². The lowest BCUT2D eigenvalue weighted by molar-refractivity contribution is -0.141. The van der Waals surface area contributed by atoms with Crippen LogP contribution >= 0.6 is 11.6 Å². The summed E-state index contributed by atoms with van der Waals surface area (Å²) in [5, 5.41) is 15.1.